The second-order valence-electron chi connectivity index (χ2n) is 3.80. The molecule has 0 atom stereocenters. The van der Waals surface area contributed by atoms with Crippen LogP contribution in [0.15, 0.2) is 16.6 Å². The van der Waals surface area contributed by atoms with Crippen LogP contribution in [0.1, 0.15) is 19.0 Å². The van der Waals surface area contributed by atoms with Crippen molar-refractivity contribution in [1.29, 1.82) is 0 Å². The van der Waals surface area contributed by atoms with E-state index in [0.717, 1.165) is 18.5 Å². The fourth-order valence-corrected chi connectivity index (χ4v) is 2.70. The Balaban J connectivity index is 2.62. The Morgan fingerprint density at radius 2 is 2.22 bits per heavy atom. The highest BCUT2D eigenvalue weighted by molar-refractivity contribution is 9.10. The number of aromatic nitrogens is 3. The van der Waals surface area contributed by atoms with Crippen molar-refractivity contribution in [3.8, 4) is 5.69 Å². The van der Waals surface area contributed by atoms with Gasteiger partial charge in [-0.3, -0.25) is 0 Å². The highest BCUT2D eigenvalue weighted by Gasteiger charge is 2.17. The van der Waals surface area contributed by atoms with Gasteiger partial charge in [-0.15, -0.1) is 5.10 Å². The molecule has 0 aliphatic carbocycles. The van der Waals surface area contributed by atoms with Crippen molar-refractivity contribution < 1.29 is 4.39 Å². The van der Waals surface area contributed by atoms with Gasteiger partial charge < -0.3 is 5.73 Å². The number of nitrogens with two attached hydrogens (primary N) is 1. The van der Waals surface area contributed by atoms with Crippen LogP contribution in [0.25, 0.3) is 5.69 Å². The smallest absolute Gasteiger partial charge is 0.169 e. The van der Waals surface area contributed by atoms with Crippen molar-refractivity contribution >= 4 is 33.3 Å². The molecule has 0 amide bonds. The van der Waals surface area contributed by atoms with Gasteiger partial charge in [0, 0.05) is 4.47 Å². The summed E-state index contributed by atoms with van der Waals surface area (Å²) < 4.78 is 15.2. The molecule has 2 rings (SSSR count). The molecule has 0 aliphatic heterocycles. The first-order valence-electron chi connectivity index (χ1n) is 5.39. The summed E-state index contributed by atoms with van der Waals surface area (Å²) in [5.41, 5.74) is 7.08. The van der Waals surface area contributed by atoms with Crippen LogP contribution in [0, 0.1) is 5.82 Å². The predicted octanol–water partition coefficient (Wildman–Crippen LogP) is 3.36. The number of anilines is 1. The SMILES string of the molecule is CCCc1c(N)nnn1-c1c(Cl)cc(F)cc1Br. The zero-order valence-corrected chi connectivity index (χ0v) is 12.0. The van der Waals surface area contributed by atoms with E-state index in [2.05, 4.69) is 26.2 Å². The molecule has 0 aliphatic rings. The van der Waals surface area contributed by atoms with E-state index in [1.807, 2.05) is 6.92 Å². The van der Waals surface area contributed by atoms with E-state index >= 15 is 0 Å². The van der Waals surface area contributed by atoms with Gasteiger partial charge in [0.05, 0.1) is 16.4 Å². The second-order valence-corrected chi connectivity index (χ2v) is 5.06. The van der Waals surface area contributed by atoms with E-state index in [1.54, 1.807) is 4.68 Å². The average Bonchev–Trinajstić information content (AvgIpc) is 2.61. The van der Waals surface area contributed by atoms with Gasteiger partial charge in [-0.05, 0) is 34.5 Å². The van der Waals surface area contributed by atoms with Gasteiger partial charge in [-0.1, -0.05) is 30.2 Å². The Hall–Kier alpha value is -1.14. The van der Waals surface area contributed by atoms with E-state index in [4.69, 9.17) is 17.3 Å². The number of benzene rings is 1. The first-order chi connectivity index (χ1) is 8.54. The van der Waals surface area contributed by atoms with Crippen LogP contribution < -0.4 is 5.73 Å². The molecule has 4 nitrogen and oxygen atoms in total. The molecule has 18 heavy (non-hydrogen) atoms. The lowest BCUT2D eigenvalue weighted by atomic mass is 10.2. The lowest BCUT2D eigenvalue weighted by Crippen LogP contribution is -2.05. The average molecular weight is 334 g/mol. The summed E-state index contributed by atoms with van der Waals surface area (Å²) >= 11 is 9.33. The fourth-order valence-electron chi connectivity index (χ4n) is 1.70. The third kappa shape index (κ3) is 2.35. The Kier molecular flexibility index (Phi) is 3.87. The van der Waals surface area contributed by atoms with Crippen LogP contribution in [0.3, 0.4) is 0 Å². The minimum absolute atomic E-state index is 0.254. The van der Waals surface area contributed by atoms with Crippen molar-refractivity contribution in [3.05, 3.63) is 33.1 Å². The molecule has 0 unspecified atom stereocenters. The molecule has 0 bridgehead atoms. The molecule has 1 aromatic carbocycles. The summed E-state index contributed by atoms with van der Waals surface area (Å²) in [7, 11) is 0. The number of halogens is 3. The zero-order valence-electron chi connectivity index (χ0n) is 9.62. The fraction of sp³-hybridized carbons (Fsp3) is 0.273. The molecule has 0 saturated carbocycles. The third-order valence-electron chi connectivity index (χ3n) is 2.47. The molecule has 0 radical (unpaired) electrons. The number of hydrogen-bond acceptors (Lipinski definition) is 3. The molecule has 7 heteroatoms. The Morgan fingerprint density at radius 3 is 2.83 bits per heavy atom. The predicted molar refractivity (Wildman–Crippen MR) is 72.4 cm³/mol. The van der Waals surface area contributed by atoms with Crippen molar-refractivity contribution in [2.45, 2.75) is 19.8 Å². The van der Waals surface area contributed by atoms with E-state index < -0.39 is 5.82 Å². The number of nitrogens with zero attached hydrogens (tertiary/aromatic N) is 3. The number of nitrogen functional groups attached to an aromatic ring is 1. The first-order valence-corrected chi connectivity index (χ1v) is 6.56. The molecule has 1 aromatic heterocycles. The van der Waals surface area contributed by atoms with Crippen molar-refractivity contribution in [3.63, 3.8) is 0 Å². The molecular weight excluding hydrogens is 323 g/mol. The van der Waals surface area contributed by atoms with Gasteiger partial charge in [0.1, 0.15) is 5.82 Å². The molecule has 0 spiro atoms. The van der Waals surface area contributed by atoms with Gasteiger partial charge in [0.25, 0.3) is 0 Å². The molecule has 2 N–H and O–H groups in total. The van der Waals surface area contributed by atoms with E-state index in [9.17, 15) is 4.39 Å². The number of rotatable bonds is 3. The molecule has 2 aromatic rings. The summed E-state index contributed by atoms with van der Waals surface area (Å²) in [5.74, 6) is -0.0510. The zero-order chi connectivity index (χ0) is 13.3. The maximum atomic E-state index is 13.2. The van der Waals surface area contributed by atoms with Gasteiger partial charge in [-0.2, -0.15) is 0 Å². The normalized spacial score (nSPS) is 10.9. The highest BCUT2D eigenvalue weighted by Crippen LogP contribution is 2.31. The lowest BCUT2D eigenvalue weighted by Gasteiger charge is -2.10. The minimum atomic E-state index is -0.416. The quantitative estimate of drug-likeness (QED) is 0.937. The lowest BCUT2D eigenvalue weighted by molar-refractivity contribution is 0.625. The summed E-state index contributed by atoms with van der Waals surface area (Å²) in [5, 5.41) is 8.05. The molecule has 0 saturated heterocycles. The van der Waals surface area contributed by atoms with Crippen LogP contribution in [0.4, 0.5) is 10.2 Å². The maximum absolute atomic E-state index is 13.2. The largest absolute Gasteiger partial charge is 0.381 e. The Labute approximate surface area is 117 Å². The van der Waals surface area contributed by atoms with E-state index in [1.165, 1.54) is 12.1 Å². The van der Waals surface area contributed by atoms with E-state index in [0.29, 0.717) is 16.0 Å². The van der Waals surface area contributed by atoms with E-state index in [-0.39, 0.29) is 5.02 Å². The summed E-state index contributed by atoms with van der Waals surface area (Å²) in [6.07, 6.45) is 1.62. The van der Waals surface area contributed by atoms with Gasteiger partial charge in [0.15, 0.2) is 5.82 Å². The van der Waals surface area contributed by atoms with Gasteiger partial charge >= 0.3 is 0 Å². The van der Waals surface area contributed by atoms with Crippen LogP contribution in [-0.4, -0.2) is 15.0 Å². The molecule has 96 valence electrons. The van der Waals surface area contributed by atoms with Crippen molar-refractivity contribution in [1.82, 2.24) is 15.0 Å². The van der Waals surface area contributed by atoms with Crippen LogP contribution in [0.5, 0.6) is 0 Å². The van der Waals surface area contributed by atoms with Crippen LogP contribution >= 0.6 is 27.5 Å². The molecule has 0 fully saturated rings. The molecule has 1 heterocycles. The summed E-state index contributed by atoms with van der Waals surface area (Å²) in [6, 6.07) is 2.56. The third-order valence-corrected chi connectivity index (χ3v) is 3.37. The monoisotopic (exact) mass is 332 g/mol. The van der Waals surface area contributed by atoms with Crippen LogP contribution in [0.2, 0.25) is 5.02 Å². The summed E-state index contributed by atoms with van der Waals surface area (Å²) in [4.78, 5) is 0. The maximum Gasteiger partial charge on any atom is 0.169 e. The van der Waals surface area contributed by atoms with Crippen molar-refractivity contribution in [2.75, 3.05) is 5.73 Å². The second kappa shape index (κ2) is 5.24. The van der Waals surface area contributed by atoms with Gasteiger partial charge in [-0.25, -0.2) is 9.07 Å². The number of hydrogen-bond donors (Lipinski definition) is 1. The summed E-state index contributed by atoms with van der Waals surface area (Å²) in [6.45, 7) is 2.03. The van der Waals surface area contributed by atoms with Crippen molar-refractivity contribution in [2.24, 2.45) is 0 Å². The molecular formula is C11H11BrClFN4. The minimum Gasteiger partial charge on any atom is -0.381 e. The topological polar surface area (TPSA) is 56.7 Å². The first kappa shape index (κ1) is 13.3. The Morgan fingerprint density at radius 1 is 1.50 bits per heavy atom. The van der Waals surface area contributed by atoms with Gasteiger partial charge in [0.2, 0.25) is 0 Å². The van der Waals surface area contributed by atoms with Crippen LogP contribution in [-0.2, 0) is 6.42 Å². The highest BCUT2D eigenvalue weighted by atomic mass is 79.9. The Bertz CT molecular complexity index is 561. The standard InChI is InChI=1S/C11H11BrClFN4/c1-2-3-9-11(15)16-17-18(9)10-7(12)4-6(14)5-8(10)13/h4-5H,2-3,15H2,1H3.